The summed E-state index contributed by atoms with van der Waals surface area (Å²) >= 11 is 0. The summed E-state index contributed by atoms with van der Waals surface area (Å²) in [4.78, 5) is 12.8. The van der Waals surface area contributed by atoms with Crippen LogP contribution in [0.4, 0.5) is 0 Å². The molecule has 1 aromatic rings. The van der Waals surface area contributed by atoms with Crippen molar-refractivity contribution < 1.29 is 9.53 Å². The van der Waals surface area contributed by atoms with Crippen molar-refractivity contribution in [2.24, 2.45) is 0 Å². The van der Waals surface area contributed by atoms with Crippen LogP contribution in [0, 0.1) is 13.8 Å². The van der Waals surface area contributed by atoms with Gasteiger partial charge in [0.1, 0.15) is 5.60 Å². The van der Waals surface area contributed by atoms with Gasteiger partial charge in [-0.3, -0.25) is 4.79 Å². The Hall–Kier alpha value is -1.15. The fourth-order valence-corrected chi connectivity index (χ4v) is 2.36. The molecule has 0 radical (unpaired) electrons. The number of Topliss-reactive ketones (excluding diaryl/α,β-unsaturated/α-hetero) is 1. The van der Waals surface area contributed by atoms with Crippen LogP contribution in [0.15, 0.2) is 18.2 Å². The quantitative estimate of drug-likeness (QED) is 0.709. The van der Waals surface area contributed by atoms with Crippen LogP contribution in [0.2, 0.25) is 0 Å². The summed E-state index contributed by atoms with van der Waals surface area (Å²) in [5.41, 5.74) is 2.35. The highest BCUT2D eigenvalue weighted by Crippen LogP contribution is 2.28. The maximum Gasteiger partial charge on any atom is 0.194 e. The molecule has 0 atom stereocenters. The van der Waals surface area contributed by atoms with Crippen LogP contribution in [-0.2, 0) is 4.74 Å². The third-order valence-electron chi connectivity index (χ3n) is 3.83. The van der Waals surface area contributed by atoms with E-state index in [4.69, 9.17) is 4.74 Å². The van der Waals surface area contributed by atoms with Gasteiger partial charge in [0.05, 0.1) is 0 Å². The van der Waals surface area contributed by atoms with Gasteiger partial charge in [-0.2, -0.15) is 0 Å². The molecule has 2 heteroatoms. The molecule has 0 aliphatic rings. The first-order valence-electron chi connectivity index (χ1n) is 6.77. The van der Waals surface area contributed by atoms with Crippen molar-refractivity contribution in [1.82, 2.24) is 0 Å². The monoisotopic (exact) mass is 248 g/mol. The second-order valence-electron chi connectivity index (χ2n) is 4.71. The molecule has 0 fully saturated rings. The zero-order chi connectivity index (χ0) is 13.8. The van der Waals surface area contributed by atoms with Crippen molar-refractivity contribution in [3.8, 4) is 0 Å². The molecule has 0 N–H and O–H groups in total. The lowest BCUT2D eigenvalue weighted by Gasteiger charge is -2.30. The van der Waals surface area contributed by atoms with Gasteiger partial charge >= 0.3 is 0 Å². The number of ketones is 1. The first kappa shape index (κ1) is 14.9. The summed E-state index contributed by atoms with van der Waals surface area (Å²) in [6.07, 6.45) is 1.42. The molecule has 1 rings (SSSR count). The topological polar surface area (TPSA) is 26.3 Å². The van der Waals surface area contributed by atoms with E-state index < -0.39 is 5.60 Å². The van der Waals surface area contributed by atoms with E-state index in [1.54, 1.807) is 0 Å². The first-order chi connectivity index (χ1) is 8.52. The van der Waals surface area contributed by atoms with Crippen LogP contribution in [0.5, 0.6) is 0 Å². The molecule has 0 unspecified atom stereocenters. The first-order valence-corrected chi connectivity index (χ1v) is 6.77. The van der Waals surface area contributed by atoms with Gasteiger partial charge in [0.25, 0.3) is 0 Å². The van der Waals surface area contributed by atoms with E-state index in [0.717, 1.165) is 16.7 Å². The van der Waals surface area contributed by atoms with Crippen LogP contribution >= 0.6 is 0 Å². The van der Waals surface area contributed by atoms with Crippen molar-refractivity contribution in [2.45, 2.75) is 53.1 Å². The predicted molar refractivity (Wildman–Crippen MR) is 75.2 cm³/mol. The summed E-state index contributed by atoms with van der Waals surface area (Å²) in [5.74, 6) is 0.121. The molecule has 18 heavy (non-hydrogen) atoms. The lowest BCUT2D eigenvalue weighted by Crippen LogP contribution is -2.41. The van der Waals surface area contributed by atoms with E-state index in [1.165, 1.54) is 0 Å². The molecule has 0 heterocycles. The predicted octanol–water partition coefficient (Wildman–Crippen LogP) is 4.08. The molecule has 0 aliphatic carbocycles. The van der Waals surface area contributed by atoms with Crippen LogP contribution in [0.25, 0.3) is 0 Å². The summed E-state index contributed by atoms with van der Waals surface area (Å²) in [7, 11) is 0. The standard InChI is InChI=1S/C16H24O2/c1-6-16(7-2,18-8-3)15(17)14-11-9-10-12(4)13(14)5/h9-11H,6-8H2,1-5H3. The number of benzene rings is 1. The second kappa shape index (κ2) is 6.14. The fourth-order valence-electron chi connectivity index (χ4n) is 2.36. The molecule has 0 aliphatic heterocycles. The Morgan fingerprint density at radius 3 is 2.28 bits per heavy atom. The number of carbonyl (C=O) groups excluding carboxylic acids is 1. The Morgan fingerprint density at radius 1 is 1.17 bits per heavy atom. The van der Waals surface area contributed by atoms with E-state index in [1.807, 2.05) is 52.8 Å². The molecule has 0 aromatic heterocycles. The van der Waals surface area contributed by atoms with E-state index in [2.05, 4.69) is 0 Å². The highest BCUT2D eigenvalue weighted by molar-refractivity contribution is 6.03. The average Bonchev–Trinajstić information content (AvgIpc) is 2.38. The molecule has 0 bridgehead atoms. The highest BCUT2D eigenvalue weighted by Gasteiger charge is 2.36. The van der Waals surface area contributed by atoms with Crippen LogP contribution < -0.4 is 0 Å². The second-order valence-corrected chi connectivity index (χ2v) is 4.71. The zero-order valence-electron chi connectivity index (χ0n) is 12.2. The molecule has 0 amide bonds. The van der Waals surface area contributed by atoms with Gasteiger partial charge in [0, 0.05) is 12.2 Å². The molecular formula is C16H24O2. The third-order valence-corrected chi connectivity index (χ3v) is 3.83. The SMILES string of the molecule is CCOC(CC)(CC)C(=O)c1cccc(C)c1C. The summed E-state index contributed by atoms with van der Waals surface area (Å²) in [6, 6.07) is 5.88. The Bertz CT molecular complexity index is 417. The van der Waals surface area contributed by atoms with Crippen LogP contribution in [-0.4, -0.2) is 18.0 Å². The maximum absolute atomic E-state index is 12.8. The zero-order valence-corrected chi connectivity index (χ0v) is 12.2. The minimum Gasteiger partial charge on any atom is -0.367 e. The smallest absolute Gasteiger partial charge is 0.194 e. The average molecular weight is 248 g/mol. The Morgan fingerprint density at radius 2 is 1.78 bits per heavy atom. The Kier molecular flexibility index (Phi) is 5.09. The van der Waals surface area contributed by atoms with Gasteiger partial charge in [-0.25, -0.2) is 0 Å². The molecule has 1 aromatic carbocycles. The molecule has 100 valence electrons. The van der Waals surface area contributed by atoms with Gasteiger partial charge in [-0.15, -0.1) is 0 Å². The normalized spacial score (nSPS) is 11.6. The minimum absolute atomic E-state index is 0.121. The van der Waals surface area contributed by atoms with Crippen molar-refractivity contribution in [2.75, 3.05) is 6.61 Å². The van der Waals surface area contributed by atoms with E-state index in [0.29, 0.717) is 19.4 Å². The Balaban J connectivity index is 3.22. The van der Waals surface area contributed by atoms with Gasteiger partial charge in [-0.1, -0.05) is 32.0 Å². The molecule has 0 spiro atoms. The van der Waals surface area contributed by atoms with Gasteiger partial charge in [0.15, 0.2) is 5.78 Å². The fraction of sp³-hybridized carbons (Fsp3) is 0.562. The van der Waals surface area contributed by atoms with Gasteiger partial charge < -0.3 is 4.74 Å². The number of ether oxygens (including phenoxy) is 1. The van der Waals surface area contributed by atoms with E-state index in [-0.39, 0.29) is 5.78 Å². The number of carbonyl (C=O) groups is 1. The third kappa shape index (κ3) is 2.64. The molecular weight excluding hydrogens is 224 g/mol. The lowest BCUT2D eigenvalue weighted by molar-refractivity contribution is -0.0250. The van der Waals surface area contributed by atoms with Crippen LogP contribution in [0.1, 0.15) is 55.1 Å². The minimum atomic E-state index is -0.659. The van der Waals surface area contributed by atoms with Crippen molar-refractivity contribution >= 4 is 5.78 Å². The maximum atomic E-state index is 12.8. The van der Waals surface area contributed by atoms with Gasteiger partial charge in [-0.05, 0) is 44.7 Å². The number of hydrogen-bond acceptors (Lipinski definition) is 2. The van der Waals surface area contributed by atoms with E-state index in [9.17, 15) is 4.79 Å². The molecule has 0 saturated heterocycles. The van der Waals surface area contributed by atoms with Crippen LogP contribution in [0.3, 0.4) is 0 Å². The van der Waals surface area contributed by atoms with Crippen molar-refractivity contribution in [3.05, 3.63) is 34.9 Å². The van der Waals surface area contributed by atoms with Crippen molar-refractivity contribution in [1.29, 1.82) is 0 Å². The largest absolute Gasteiger partial charge is 0.367 e. The highest BCUT2D eigenvalue weighted by atomic mass is 16.5. The van der Waals surface area contributed by atoms with Gasteiger partial charge in [0.2, 0.25) is 0 Å². The number of aryl methyl sites for hydroxylation is 1. The lowest BCUT2D eigenvalue weighted by atomic mass is 9.85. The Labute approximate surface area is 110 Å². The molecule has 2 nitrogen and oxygen atoms in total. The summed E-state index contributed by atoms with van der Waals surface area (Å²) in [6.45, 7) is 10.6. The summed E-state index contributed by atoms with van der Waals surface area (Å²) in [5, 5.41) is 0. The van der Waals surface area contributed by atoms with E-state index >= 15 is 0 Å². The number of rotatable bonds is 6. The summed E-state index contributed by atoms with van der Waals surface area (Å²) < 4.78 is 5.79. The van der Waals surface area contributed by atoms with Crippen molar-refractivity contribution in [3.63, 3.8) is 0 Å². The number of hydrogen-bond donors (Lipinski definition) is 0. The molecule has 0 saturated carbocycles.